The molecule has 2 N–H and O–H groups in total. The molecule has 0 radical (unpaired) electrons. The molecule has 19 heavy (non-hydrogen) atoms. The number of aliphatic hydroxyl groups is 1. The van der Waals surface area contributed by atoms with Gasteiger partial charge in [0.2, 0.25) is 0 Å². The quantitative estimate of drug-likeness (QED) is 0.857. The van der Waals surface area contributed by atoms with Gasteiger partial charge in [-0.1, -0.05) is 6.07 Å². The molecule has 1 fully saturated rings. The van der Waals surface area contributed by atoms with Crippen LogP contribution in [-0.2, 0) is 0 Å². The Morgan fingerprint density at radius 1 is 1.26 bits per heavy atom. The van der Waals surface area contributed by atoms with Gasteiger partial charge in [0.15, 0.2) is 0 Å². The number of phenols is 1. The molecule has 1 unspecified atom stereocenters. The number of likely N-dealkylation sites (N-methyl/N-ethyl adjacent to an activating group) is 1. The monoisotopic (exact) mass is 264 g/mol. The van der Waals surface area contributed by atoms with E-state index in [4.69, 9.17) is 0 Å². The number of hydrogen-bond donors (Lipinski definition) is 2. The summed E-state index contributed by atoms with van der Waals surface area (Å²) in [7, 11) is 2.14. The number of hydrogen-bond acceptors (Lipinski definition) is 4. The molecule has 0 spiro atoms. The van der Waals surface area contributed by atoms with Crippen LogP contribution in [0.4, 0.5) is 5.69 Å². The number of piperazine rings is 1. The summed E-state index contributed by atoms with van der Waals surface area (Å²) in [5, 5.41) is 19.5. The van der Waals surface area contributed by atoms with Gasteiger partial charge in [-0.05, 0) is 33.9 Å². The van der Waals surface area contributed by atoms with E-state index in [1.54, 1.807) is 19.1 Å². The molecule has 2 rings (SSSR count). The van der Waals surface area contributed by atoms with Gasteiger partial charge in [-0.15, -0.1) is 0 Å². The van der Waals surface area contributed by atoms with E-state index in [0.717, 1.165) is 25.3 Å². The molecule has 0 aliphatic carbocycles. The minimum atomic E-state index is -0.641. The average molecular weight is 264 g/mol. The van der Waals surface area contributed by atoms with E-state index in [9.17, 15) is 10.2 Å². The van der Waals surface area contributed by atoms with E-state index < -0.39 is 6.10 Å². The number of anilines is 1. The minimum absolute atomic E-state index is 0.122. The lowest BCUT2D eigenvalue weighted by molar-refractivity contribution is 0.139. The number of nitrogens with zero attached hydrogens (tertiary/aromatic N) is 2. The van der Waals surface area contributed by atoms with Gasteiger partial charge in [-0.2, -0.15) is 0 Å². The molecule has 0 bridgehead atoms. The van der Waals surface area contributed by atoms with Gasteiger partial charge in [0, 0.05) is 42.5 Å². The Kier molecular flexibility index (Phi) is 3.74. The van der Waals surface area contributed by atoms with Crippen LogP contribution in [0.5, 0.6) is 5.75 Å². The van der Waals surface area contributed by atoms with Gasteiger partial charge in [0.1, 0.15) is 5.75 Å². The van der Waals surface area contributed by atoms with Crippen LogP contribution in [0.1, 0.15) is 32.4 Å². The number of rotatable bonds is 2. The second-order valence-electron chi connectivity index (χ2n) is 6.07. The van der Waals surface area contributed by atoms with Crippen LogP contribution in [0.25, 0.3) is 0 Å². The summed E-state index contributed by atoms with van der Waals surface area (Å²) in [4.78, 5) is 4.64. The SMILES string of the molecule is CC(O)c1ccc(N2CCN(C)C(C)(C)C2)cc1O. The first-order valence-electron chi connectivity index (χ1n) is 6.78. The minimum Gasteiger partial charge on any atom is -0.507 e. The van der Waals surface area contributed by atoms with Gasteiger partial charge >= 0.3 is 0 Å². The number of aromatic hydroxyl groups is 1. The van der Waals surface area contributed by atoms with Crippen molar-refractivity contribution in [2.24, 2.45) is 0 Å². The molecular formula is C15H24N2O2. The van der Waals surface area contributed by atoms with Crippen LogP contribution in [-0.4, -0.2) is 47.3 Å². The third kappa shape index (κ3) is 2.85. The second-order valence-corrected chi connectivity index (χ2v) is 6.07. The Hall–Kier alpha value is -1.26. The maximum Gasteiger partial charge on any atom is 0.123 e. The van der Waals surface area contributed by atoms with E-state index in [1.807, 2.05) is 6.07 Å². The lowest BCUT2D eigenvalue weighted by Crippen LogP contribution is -2.57. The molecule has 1 atom stereocenters. The zero-order valence-electron chi connectivity index (χ0n) is 12.2. The van der Waals surface area contributed by atoms with Gasteiger partial charge in [-0.3, -0.25) is 4.90 Å². The molecule has 4 nitrogen and oxygen atoms in total. The first kappa shape index (κ1) is 14.2. The molecule has 0 aromatic heterocycles. The van der Waals surface area contributed by atoms with Crippen molar-refractivity contribution < 1.29 is 10.2 Å². The fourth-order valence-electron chi connectivity index (χ4n) is 2.54. The zero-order valence-corrected chi connectivity index (χ0v) is 12.2. The summed E-state index contributed by atoms with van der Waals surface area (Å²) in [5.41, 5.74) is 1.72. The van der Waals surface area contributed by atoms with Gasteiger partial charge < -0.3 is 15.1 Å². The largest absolute Gasteiger partial charge is 0.507 e. The standard InChI is InChI=1S/C15H24N2O2/c1-11(18)13-6-5-12(9-14(13)19)17-8-7-16(4)15(2,3)10-17/h5-6,9,11,18-19H,7-8,10H2,1-4H3. The van der Waals surface area contributed by atoms with Crippen molar-refractivity contribution in [2.75, 3.05) is 31.6 Å². The Balaban J connectivity index is 2.21. The molecule has 1 aromatic carbocycles. The third-order valence-corrected chi connectivity index (χ3v) is 4.15. The highest BCUT2D eigenvalue weighted by Gasteiger charge is 2.31. The zero-order chi connectivity index (χ0) is 14.2. The first-order chi connectivity index (χ1) is 8.81. The van der Waals surface area contributed by atoms with E-state index >= 15 is 0 Å². The van der Waals surface area contributed by atoms with Crippen molar-refractivity contribution >= 4 is 5.69 Å². The highest BCUT2D eigenvalue weighted by molar-refractivity contribution is 5.54. The van der Waals surface area contributed by atoms with Crippen LogP contribution in [0, 0.1) is 0 Å². The summed E-state index contributed by atoms with van der Waals surface area (Å²) in [5.74, 6) is 0.171. The van der Waals surface area contributed by atoms with Gasteiger partial charge in [0.05, 0.1) is 6.10 Å². The van der Waals surface area contributed by atoms with Gasteiger partial charge in [0.25, 0.3) is 0 Å². The maximum atomic E-state index is 9.98. The fourth-order valence-corrected chi connectivity index (χ4v) is 2.54. The van der Waals surface area contributed by atoms with Crippen molar-refractivity contribution in [3.8, 4) is 5.75 Å². The van der Waals surface area contributed by atoms with E-state index in [0.29, 0.717) is 5.56 Å². The van der Waals surface area contributed by atoms with Crippen LogP contribution >= 0.6 is 0 Å². The van der Waals surface area contributed by atoms with E-state index in [2.05, 4.69) is 30.7 Å². The lowest BCUT2D eigenvalue weighted by atomic mass is 9.99. The average Bonchev–Trinajstić information content (AvgIpc) is 2.32. The predicted octanol–water partition coefficient (Wildman–Crippen LogP) is 1.98. The Bertz CT molecular complexity index is 457. The molecule has 4 heteroatoms. The van der Waals surface area contributed by atoms with E-state index in [1.165, 1.54) is 0 Å². The summed E-state index contributed by atoms with van der Waals surface area (Å²) in [6.07, 6.45) is -0.641. The molecule has 0 amide bonds. The first-order valence-corrected chi connectivity index (χ1v) is 6.78. The molecule has 1 aliphatic rings. The summed E-state index contributed by atoms with van der Waals surface area (Å²) in [6, 6.07) is 5.54. The molecule has 1 heterocycles. The van der Waals surface area contributed by atoms with Crippen LogP contribution in [0.2, 0.25) is 0 Å². The van der Waals surface area contributed by atoms with Crippen molar-refractivity contribution in [3.63, 3.8) is 0 Å². The topological polar surface area (TPSA) is 46.9 Å². The number of aliphatic hydroxyl groups excluding tert-OH is 1. The second kappa shape index (κ2) is 5.02. The molecular weight excluding hydrogens is 240 g/mol. The lowest BCUT2D eigenvalue weighted by Gasteiger charge is -2.46. The fraction of sp³-hybridized carbons (Fsp3) is 0.600. The maximum absolute atomic E-state index is 9.98. The Labute approximate surface area is 115 Å². The predicted molar refractivity (Wildman–Crippen MR) is 77.7 cm³/mol. The molecule has 0 saturated carbocycles. The molecule has 106 valence electrons. The molecule has 1 aromatic rings. The Morgan fingerprint density at radius 3 is 2.47 bits per heavy atom. The third-order valence-electron chi connectivity index (χ3n) is 4.15. The number of phenolic OH excluding ortho intramolecular Hbond substituents is 1. The van der Waals surface area contributed by atoms with Crippen LogP contribution in [0.3, 0.4) is 0 Å². The number of benzene rings is 1. The van der Waals surface area contributed by atoms with Crippen molar-refractivity contribution in [1.29, 1.82) is 0 Å². The normalized spacial score (nSPS) is 21.4. The van der Waals surface area contributed by atoms with Crippen molar-refractivity contribution in [3.05, 3.63) is 23.8 Å². The summed E-state index contributed by atoms with van der Waals surface area (Å²) in [6.45, 7) is 9.00. The summed E-state index contributed by atoms with van der Waals surface area (Å²) >= 11 is 0. The van der Waals surface area contributed by atoms with Gasteiger partial charge in [-0.25, -0.2) is 0 Å². The van der Waals surface area contributed by atoms with Crippen molar-refractivity contribution in [1.82, 2.24) is 4.90 Å². The van der Waals surface area contributed by atoms with E-state index in [-0.39, 0.29) is 11.3 Å². The van der Waals surface area contributed by atoms with Crippen LogP contribution in [0.15, 0.2) is 18.2 Å². The highest BCUT2D eigenvalue weighted by atomic mass is 16.3. The van der Waals surface area contributed by atoms with Crippen molar-refractivity contribution in [2.45, 2.75) is 32.4 Å². The van der Waals surface area contributed by atoms with Crippen LogP contribution < -0.4 is 4.90 Å². The molecule has 1 aliphatic heterocycles. The smallest absolute Gasteiger partial charge is 0.123 e. The Morgan fingerprint density at radius 2 is 1.95 bits per heavy atom. The summed E-state index contributed by atoms with van der Waals surface area (Å²) < 4.78 is 0. The molecule has 1 saturated heterocycles. The highest BCUT2D eigenvalue weighted by Crippen LogP contribution is 2.31.